The summed E-state index contributed by atoms with van der Waals surface area (Å²) < 4.78 is 5.62. The van der Waals surface area contributed by atoms with Crippen LogP contribution >= 0.6 is 0 Å². The molecular weight excluding hydrogens is 356 g/mol. The Labute approximate surface area is 161 Å². The minimum atomic E-state index is -0.887. The molecule has 2 aromatic carbocycles. The molecule has 3 aromatic rings. The van der Waals surface area contributed by atoms with Crippen LogP contribution in [0.5, 0.6) is 0 Å². The molecule has 2 saturated heterocycles. The number of anilines is 2. The smallest absolute Gasteiger partial charge is 0.266 e. The van der Waals surface area contributed by atoms with Crippen molar-refractivity contribution in [3.05, 3.63) is 84.3 Å². The fraction of sp³-hybridized carbons (Fsp3) is 0.182. The van der Waals surface area contributed by atoms with E-state index in [4.69, 9.17) is 9.25 Å². The molecule has 0 spiro atoms. The van der Waals surface area contributed by atoms with Crippen LogP contribution in [0.3, 0.4) is 0 Å². The minimum Gasteiger partial charge on any atom is -0.467 e. The van der Waals surface area contributed by atoms with Crippen LogP contribution in [0.25, 0.3) is 0 Å². The second-order valence-corrected chi connectivity index (χ2v) is 6.97. The first-order valence-corrected chi connectivity index (χ1v) is 9.15. The maximum atomic E-state index is 13.4. The van der Waals surface area contributed by atoms with Crippen molar-refractivity contribution < 1.29 is 18.8 Å². The van der Waals surface area contributed by atoms with Gasteiger partial charge in [-0.3, -0.25) is 14.4 Å². The first-order chi connectivity index (χ1) is 13.7. The van der Waals surface area contributed by atoms with Gasteiger partial charge in [-0.1, -0.05) is 36.4 Å². The number of rotatable bonds is 3. The van der Waals surface area contributed by atoms with Crippen molar-refractivity contribution in [3.63, 3.8) is 0 Å². The van der Waals surface area contributed by atoms with Gasteiger partial charge >= 0.3 is 0 Å². The number of hydrogen-bond donors (Lipinski definition) is 0. The van der Waals surface area contributed by atoms with Gasteiger partial charge in [-0.2, -0.15) is 0 Å². The van der Waals surface area contributed by atoms with Crippen molar-refractivity contribution in [1.82, 2.24) is 0 Å². The third-order valence-corrected chi connectivity index (χ3v) is 5.32. The van der Waals surface area contributed by atoms with Crippen molar-refractivity contribution >= 4 is 23.2 Å². The number of amides is 2. The summed E-state index contributed by atoms with van der Waals surface area (Å²) in [5.41, 5.74) is 2.22. The fourth-order valence-electron chi connectivity index (χ4n) is 4.01. The van der Waals surface area contributed by atoms with E-state index < -0.39 is 18.1 Å². The highest BCUT2D eigenvalue weighted by molar-refractivity contribution is 6.24. The molecule has 6 heteroatoms. The van der Waals surface area contributed by atoms with Crippen molar-refractivity contribution in [2.24, 2.45) is 5.92 Å². The number of carbonyl (C=O) groups excluding carboxylic acids is 2. The number of nitrogens with zero attached hydrogens (tertiary/aromatic N) is 2. The Kier molecular flexibility index (Phi) is 3.80. The molecule has 6 nitrogen and oxygen atoms in total. The van der Waals surface area contributed by atoms with Crippen LogP contribution in [0, 0.1) is 12.8 Å². The summed E-state index contributed by atoms with van der Waals surface area (Å²) in [4.78, 5) is 33.9. The lowest BCUT2D eigenvalue weighted by molar-refractivity contribution is -0.126. The number of aryl methyl sites for hydroxylation is 1. The van der Waals surface area contributed by atoms with Crippen LogP contribution in [-0.2, 0) is 14.4 Å². The van der Waals surface area contributed by atoms with Crippen molar-refractivity contribution in [2.75, 3.05) is 9.96 Å². The third kappa shape index (κ3) is 2.38. The van der Waals surface area contributed by atoms with Gasteiger partial charge in [-0.15, -0.1) is 0 Å². The topological polar surface area (TPSA) is 63.0 Å². The average molecular weight is 374 g/mol. The first kappa shape index (κ1) is 16.8. The zero-order chi connectivity index (χ0) is 19.3. The molecule has 5 rings (SSSR count). The Morgan fingerprint density at radius 3 is 2.32 bits per heavy atom. The highest BCUT2D eigenvalue weighted by Crippen LogP contribution is 2.47. The zero-order valence-corrected chi connectivity index (χ0v) is 15.2. The molecule has 2 aliphatic rings. The van der Waals surface area contributed by atoms with Gasteiger partial charge in [0.25, 0.3) is 5.91 Å². The Morgan fingerprint density at radius 1 is 0.857 bits per heavy atom. The number of hydroxylamine groups is 1. The maximum absolute atomic E-state index is 13.4. The summed E-state index contributed by atoms with van der Waals surface area (Å²) in [7, 11) is 0. The van der Waals surface area contributed by atoms with Gasteiger partial charge in [-0.05, 0) is 42.8 Å². The van der Waals surface area contributed by atoms with Gasteiger partial charge in [0.1, 0.15) is 17.7 Å². The molecule has 28 heavy (non-hydrogen) atoms. The van der Waals surface area contributed by atoms with Crippen molar-refractivity contribution in [2.45, 2.75) is 19.1 Å². The first-order valence-electron chi connectivity index (χ1n) is 9.15. The summed E-state index contributed by atoms with van der Waals surface area (Å²) in [5.74, 6) is -0.717. The number of fused-ring (bicyclic) bond motifs is 1. The van der Waals surface area contributed by atoms with Gasteiger partial charge in [0.2, 0.25) is 5.91 Å². The van der Waals surface area contributed by atoms with E-state index in [-0.39, 0.29) is 11.8 Å². The van der Waals surface area contributed by atoms with E-state index in [0.29, 0.717) is 11.4 Å². The molecule has 2 aliphatic heterocycles. The number of furan rings is 1. The largest absolute Gasteiger partial charge is 0.467 e. The molecule has 140 valence electrons. The predicted molar refractivity (Wildman–Crippen MR) is 102 cm³/mol. The normalized spacial score (nSPS) is 24.1. The number of carbonyl (C=O) groups is 2. The second-order valence-electron chi connectivity index (χ2n) is 6.97. The SMILES string of the molecule is Cc1ccccc1N1C(=O)[C@@H]2[C@@H](ON(c3ccccc3)[C@H]2c2ccco2)C1=O. The lowest BCUT2D eigenvalue weighted by atomic mass is 9.94. The van der Waals surface area contributed by atoms with E-state index in [9.17, 15) is 9.59 Å². The Morgan fingerprint density at radius 2 is 1.61 bits per heavy atom. The standard InChI is InChI=1S/C22H18N2O4/c1-14-8-5-6-11-16(14)23-21(25)18-19(17-12-7-13-27-17)24(28-20(18)22(23)26)15-9-3-2-4-10-15/h2-13,18-20H,1H3/t18-,19-,20+/m0/s1. The summed E-state index contributed by atoms with van der Waals surface area (Å²) in [5, 5.41) is 1.62. The van der Waals surface area contributed by atoms with Crippen LogP contribution < -0.4 is 9.96 Å². The Balaban J connectivity index is 1.59. The molecule has 1 aromatic heterocycles. The van der Waals surface area contributed by atoms with E-state index in [1.807, 2.05) is 55.5 Å². The van der Waals surface area contributed by atoms with Crippen molar-refractivity contribution in [1.29, 1.82) is 0 Å². The molecule has 3 atom stereocenters. The number of benzene rings is 2. The van der Waals surface area contributed by atoms with Gasteiger partial charge in [-0.25, -0.2) is 9.96 Å². The Bertz CT molecular complexity index is 1030. The summed E-state index contributed by atoms with van der Waals surface area (Å²) in [6, 6.07) is 19.8. The predicted octanol–water partition coefficient (Wildman–Crippen LogP) is 3.64. The van der Waals surface area contributed by atoms with E-state index in [1.165, 1.54) is 4.90 Å². The monoisotopic (exact) mass is 374 g/mol. The molecule has 0 radical (unpaired) electrons. The van der Waals surface area contributed by atoms with E-state index >= 15 is 0 Å². The van der Waals surface area contributed by atoms with Gasteiger partial charge in [0, 0.05) is 0 Å². The summed E-state index contributed by atoms with van der Waals surface area (Å²) in [6.07, 6.45) is 0.675. The number of para-hydroxylation sites is 2. The molecule has 0 N–H and O–H groups in total. The van der Waals surface area contributed by atoms with E-state index in [2.05, 4.69) is 0 Å². The maximum Gasteiger partial charge on any atom is 0.266 e. The highest BCUT2D eigenvalue weighted by Gasteiger charge is 2.61. The molecule has 2 fully saturated rings. The molecule has 0 saturated carbocycles. The quantitative estimate of drug-likeness (QED) is 0.655. The summed E-state index contributed by atoms with van der Waals surface area (Å²) >= 11 is 0. The van der Waals surface area contributed by atoms with Crippen LogP contribution in [-0.4, -0.2) is 17.9 Å². The fourth-order valence-corrected chi connectivity index (χ4v) is 4.01. The highest BCUT2D eigenvalue weighted by atomic mass is 16.7. The summed E-state index contributed by atoms with van der Waals surface area (Å²) in [6.45, 7) is 1.88. The Hall–Kier alpha value is -3.38. The lowest BCUT2D eigenvalue weighted by Gasteiger charge is -2.27. The average Bonchev–Trinajstić information content (AvgIpc) is 3.41. The van der Waals surface area contributed by atoms with E-state index in [1.54, 1.807) is 29.5 Å². The number of imide groups is 1. The van der Waals surface area contributed by atoms with Crippen LogP contribution in [0.4, 0.5) is 11.4 Å². The van der Waals surface area contributed by atoms with Crippen LogP contribution in [0.15, 0.2) is 77.4 Å². The van der Waals surface area contributed by atoms with Gasteiger partial charge in [0.15, 0.2) is 6.10 Å². The van der Waals surface area contributed by atoms with Crippen LogP contribution in [0.2, 0.25) is 0 Å². The molecule has 2 amide bonds. The van der Waals surface area contributed by atoms with Crippen LogP contribution in [0.1, 0.15) is 17.4 Å². The molecular formula is C22H18N2O4. The second kappa shape index (κ2) is 6.35. The zero-order valence-electron chi connectivity index (χ0n) is 15.2. The minimum absolute atomic E-state index is 0.274. The van der Waals surface area contributed by atoms with Gasteiger partial charge in [0.05, 0.1) is 17.6 Å². The molecule has 0 unspecified atom stereocenters. The van der Waals surface area contributed by atoms with Gasteiger partial charge < -0.3 is 4.42 Å². The third-order valence-electron chi connectivity index (χ3n) is 5.32. The molecule has 0 aliphatic carbocycles. The molecule has 3 heterocycles. The van der Waals surface area contributed by atoms with E-state index in [0.717, 1.165) is 11.3 Å². The molecule has 0 bridgehead atoms. The lowest BCUT2D eigenvalue weighted by Crippen LogP contribution is -2.37. The number of hydrogen-bond acceptors (Lipinski definition) is 5. The van der Waals surface area contributed by atoms with Crippen molar-refractivity contribution in [3.8, 4) is 0 Å².